The van der Waals surface area contributed by atoms with E-state index in [1.165, 1.54) is 24.1 Å². The maximum absolute atomic E-state index is 12.0. The van der Waals surface area contributed by atoms with Crippen molar-refractivity contribution in [2.75, 3.05) is 26.1 Å². The average Bonchev–Trinajstić information content (AvgIpc) is 2.72. The van der Waals surface area contributed by atoms with Crippen LogP contribution in [0.5, 0.6) is 11.5 Å². The van der Waals surface area contributed by atoms with Gasteiger partial charge in [0.2, 0.25) is 12.7 Å². The fraction of sp³-hybridized carbons (Fsp3) is 0.273. The second kappa shape index (κ2) is 4.44. The fourth-order valence-electron chi connectivity index (χ4n) is 1.65. The molecule has 7 heteroatoms. The first kappa shape index (κ1) is 12.0. The first-order valence-electron chi connectivity index (χ1n) is 5.22. The van der Waals surface area contributed by atoms with Crippen LogP contribution in [0.4, 0.5) is 5.69 Å². The van der Waals surface area contributed by atoms with Crippen LogP contribution in [0, 0.1) is 0 Å². The first-order valence-corrected chi connectivity index (χ1v) is 5.22. The molecule has 0 radical (unpaired) electrons. The second-order valence-corrected chi connectivity index (χ2v) is 3.92. The molecule has 1 aromatic carbocycles. The van der Waals surface area contributed by atoms with E-state index in [1.807, 2.05) is 0 Å². The number of rotatable bonds is 3. The summed E-state index contributed by atoms with van der Waals surface area (Å²) < 4.78 is 10.3. The number of benzene rings is 1. The molecule has 0 aliphatic carbocycles. The molecule has 0 saturated carbocycles. The molecule has 18 heavy (non-hydrogen) atoms. The van der Waals surface area contributed by atoms with Gasteiger partial charge in [-0.05, 0) is 6.07 Å². The molecule has 0 saturated heterocycles. The smallest absolute Gasteiger partial charge is 0.256 e. The minimum atomic E-state index is -0.592. The molecule has 4 N–H and O–H groups in total. The number of carbonyl (C=O) groups is 2. The zero-order valence-corrected chi connectivity index (χ0v) is 9.80. The number of hydrogen-bond donors (Lipinski definition) is 2. The molecular formula is C11H13N3O4. The third kappa shape index (κ3) is 2.15. The van der Waals surface area contributed by atoms with E-state index in [4.69, 9.17) is 20.9 Å². The van der Waals surface area contributed by atoms with Crippen molar-refractivity contribution in [2.24, 2.45) is 5.73 Å². The van der Waals surface area contributed by atoms with Crippen LogP contribution in [-0.4, -0.2) is 37.1 Å². The lowest BCUT2D eigenvalue weighted by atomic mass is 10.1. The molecule has 2 amide bonds. The van der Waals surface area contributed by atoms with Gasteiger partial charge >= 0.3 is 0 Å². The lowest BCUT2D eigenvalue weighted by molar-refractivity contribution is -0.118. The molecule has 0 unspecified atom stereocenters. The summed E-state index contributed by atoms with van der Waals surface area (Å²) in [5.74, 6) is -0.0311. The van der Waals surface area contributed by atoms with Crippen LogP contribution in [0.3, 0.4) is 0 Å². The van der Waals surface area contributed by atoms with E-state index in [1.54, 1.807) is 0 Å². The Morgan fingerprint density at radius 3 is 2.56 bits per heavy atom. The standard InChI is InChI=1S/C11H13N3O4/c1-14(4-10(13)15)11(16)6-2-8-9(3-7(6)12)18-5-17-8/h2-3H,4-5,12H2,1H3,(H2,13,15). The monoisotopic (exact) mass is 251 g/mol. The third-order valence-corrected chi connectivity index (χ3v) is 2.51. The van der Waals surface area contributed by atoms with Crippen LogP contribution in [0.1, 0.15) is 10.4 Å². The van der Waals surface area contributed by atoms with E-state index in [-0.39, 0.29) is 24.6 Å². The number of likely N-dealkylation sites (N-methyl/N-ethyl adjacent to an activating group) is 1. The zero-order valence-electron chi connectivity index (χ0n) is 9.80. The van der Waals surface area contributed by atoms with Crippen molar-refractivity contribution in [2.45, 2.75) is 0 Å². The zero-order chi connectivity index (χ0) is 13.3. The van der Waals surface area contributed by atoms with Crippen LogP contribution in [-0.2, 0) is 4.79 Å². The summed E-state index contributed by atoms with van der Waals surface area (Å²) in [7, 11) is 1.47. The van der Waals surface area contributed by atoms with Crippen molar-refractivity contribution in [1.29, 1.82) is 0 Å². The number of nitrogens with zero attached hydrogens (tertiary/aromatic N) is 1. The Morgan fingerprint density at radius 2 is 1.94 bits per heavy atom. The maximum Gasteiger partial charge on any atom is 0.256 e. The van der Waals surface area contributed by atoms with Crippen molar-refractivity contribution in [3.05, 3.63) is 17.7 Å². The van der Waals surface area contributed by atoms with Crippen molar-refractivity contribution in [1.82, 2.24) is 4.90 Å². The van der Waals surface area contributed by atoms with Crippen LogP contribution < -0.4 is 20.9 Å². The summed E-state index contributed by atoms with van der Waals surface area (Å²) in [5.41, 5.74) is 11.3. The molecule has 0 bridgehead atoms. The molecule has 1 heterocycles. The van der Waals surface area contributed by atoms with Crippen LogP contribution in [0.25, 0.3) is 0 Å². The van der Waals surface area contributed by atoms with Gasteiger partial charge in [-0.15, -0.1) is 0 Å². The minimum Gasteiger partial charge on any atom is -0.454 e. The highest BCUT2D eigenvalue weighted by atomic mass is 16.7. The molecule has 0 fully saturated rings. The summed E-state index contributed by atoms with van der Waals surface area (Å²) in [6, 6.07) is 3.02. The Balaban J connectivity index is 2.28. The topological polar surface area (TPSA) is 108 Å². The van der Waals surface area contributed by atoms with E-state index >= 15 is 0 Å². The van der Waals surface area contributed by atoms with Crippen LogP contribution in [0.2, 0.25) is 0 Å². The SMILES string of the molecule is CN(CC(N)=O)C(=O)c1cc2c(cc1N)OCO2. The predicted octanol–water partition coefficient (Wildman–Crippen LogP) is -0.445. The number of nitrogen functional groups attached to an aromatic ring is 1. The molecule has 96 valence electrons. The molecule has 1 aliphatic rings. The van der Waals surface area contributed by atoms with Crippen molar-refractivity contribution in [3.63, 3.8) is 0 Å². The van der Waals surface area contributed by atoms with Crippen molar-refractivity contribution >= 4 is 17.5 Å². The lowest BCUT2D eigenvalue weighted by Gasteiger charge is -2.16. The van der Waals surface area contributed by atoms with Gasteiger partial charge in [-0.2, -0.15) is 0 Å². The van der Waals surface area contributed by atoms with Gasteiger partial charge in [0.25, 0.3) is 5.91 Å². The average molecular weight is 251 g/mol. The largest absolute Gasteiger partial charge is 0.454 e. The molecule has 0 atom stereocenters. The van der Waals surface area contributed by atoms with E-state index in [9.17, 15) is 9.59 Å². The Hall–Kier alpha value is -2.44. The summed E-state index contributed by atoms with van der Waals surface area (Å²) in [6.45, 7) is -0.0732. The van der Waals surface area contributed by atoms with Gasteiger partial charge < -0.3 is 25.8 Å². The highest BCUT2D eigenvalue weighted by Crippen LogP contribution is 2.36. The van der Waals surface area contributed by atoms with Gasteiger partial charge in [-0.3, -0.25) is 9.59 Å². The summed E-state index contributed by atoms with van der Waals surface area (Å²) in [6.07, 6.45) is 0. The maximum atomic E-state index is 12.0. The Morgan fingerprint density at radius 1 is 1.33 bits per heavy atom. The summed E-state index contributed by atoms with van der Waals surface area (Å²) >= 11 is 0. The van der Waals surface area contributed by atoms with Gasteiger partial charge in [0, 0.05) is 18.8 Å². The fourth-order valence-corrected chi connectivity index (χ4v) is 1.65. The van der Waals surface area contributed by atoms with Gasteiger partial charge in [-0.25, -0.2) is 0 Å². The second-order valence-electron chi connectivity index (χ2n) is 3.92. The normalized spacial score (nSPS) is 12.3. The van der Waals surface area contributed by atoms with E-state index < -0.39 is 11.8 Å². The van der Waals surface area contributed by atoms with Crippen LogP contribution >= 0.6 is 0 Å². The van der Waals surface area contributed by atoms with Gasteiger partial charge in [0.15, 0.2) is 11.5 Å². The lowest BCUT2D eigenvalue weighted by Crippen LogP contribution is -2.35. The first-order chi connectivity index (χ1) is 8.49. The molecule has 7 nitrogen and oxygen atoms in total. The van der Waals surface area contributed by atoms with Crippen molar-refractivity contribution in [3.8, 4) is 11.5 Å². The number of primary amides is 1. The number of fused-ring (bicyclic) bond motifs is 1. The van der Waals surface area contributed by atoms with E-state index in [0.717, 1.165) is 0 Å². The predicted molar refractivity (Wildman–Crippen MR) is 63.1 cm³/mol. The van der Waals surface area contributed by atoms with Crippen LogP contribution in [0.15, 0.2) is 12.1 Å². The Labute approximate surface area is 103 Å². The Kier molecular flexibility index (Phi) is 2.97. The minimum absolute atomic E-state index is 0.101. The van der Waals surface area contributed by atoms with E-state index in [2.05, 4.69) is 0 Å². The molecule has 0 spiro atoms. The molecular weight excluding hydrogens is 238 g/mol. The highest BCUT2D eigenvalue weighted by Gasteiger charge is 2.22. The number of carbonyl (C=O) groups excluding carboxylic acids is 2. The number of nitrogens with two attached hydrogens (primary N) is 2. The van der Waals surface area contributed by atoms with Gasteiger partial charge in [-0.1, -0.05) is 0 Å². The van der Waals surface area contributed by atoms with Gasteiger partial charge in [0.05, 0.1) is 12.1 Å². The Bertz CT molecular complexity index is 515. The molecule has 0 aromatic heterocycles. The number of hydrogen-bond acceptors (Lipinski definition) is 5. The van der Waals surface area contributed by atoms with Crippen molar-refractivity contribution < 1.29 is 19.1 Å². The number of anilines is 1. The molecule has 1 aliphatic heterocycles. The number of amides is 2. The quantitative estimate of drug-likeness (QED) is 0.708. The molecule has 2 rings (SSSR count). The van der Waals surface area contributed by atoms with E-state index in [0.29, 0.717) is 11.5 Å². The summed E-state index contributed by atoms with van der Waals surface area (Å²) in [4.78, 5) is 24.0. The van der Waals surface area contributed by atoms with Gasteiger partial charge in [0.1, 0.15) is 0 Å². The third-order valence-electron chi connectivity index (χ3n) is 2.51. The summed E-state index contributed by atoms with van der Waals surface area (Å²) in [5, 5.41) is 0. The molecule has 1 aromatic rings. The number of ether oxygens (including phenoxy) is 2. The highest BCUT2D eigenvalue weighted by molar-refractivity contribution is 6.01.